The maximum atomic E-state index is 6.33. The van der Waals surface area contributed by atoms with E-state index in [1.54, 1.807) is 0 Å². The summed E-state index contributed by atoms with van der Waals surface area (Å²) in [6, 6.07) is 0. The second-order valence-electron chi connectivity index (χ2n) is 4.58. The second-order valence-corrected chi connectivity index (χ2v) is 7.06. The lowest BCUT2D eigenvalue weighted by atomic mass is 9.77. The van der Waals surface area contributed by atoms with Gasteiger partial charge in [-0.25, -0.2) is 0 Å². The summed E-state index contributed by atoms with van der Waals surface area (Å²) in [5, 5.41) is 0.364. The third-order valence-electron chi connectivity index (χ3n) is 2.94. The number of hydrogen-bond donors (Lipinski definition) is 0. The topological polar surface area (TPSA) is 0 Å². The molecule has 0 spiro atoms. The molecule has 0 bridgehead atoms. The van der Waals surface area contributed by atoms with Crippen LogP contribution in [-0.4, -0.2) is 9.70 Å². The van der Waals surface area contributed by atoms with Crippen LogP contribution in [0.25, 0.3) is 0 Å². The van der Waals surface area contributed by atoms with E-state index in [1.165, 1.54) is 12.8 Å². The molecular weight excluding hydrogens is 235 g/mol. The molecule has 3 atom stereocenters. The molecule has 0 aromatic carbocycles. The average molecular weight is 254 g/mol. The van der Waals surface area contributed by atoms with E-state index in [0.717, 1.165) is 18.3 Å². The third kappa shape index (κ3) is 2.63. The molecule has 2 heteroatoms. The first-order chi connectivity index (χ1) is 5.42. The Balaban J connectivity index is 2.54. The van der Waals surface area contributed by atoms with Gasteiger partial charge in [-0.1, -0.05) is 29.8 Å². The van der Waals surface area contributed by atoms with Crippen molar-refractivity contribution >= 4 is 27.5 Å². The van der Waals surface area contributed by atoms with Crippen molar-refractivity contribution in [2.75, 3.05) is 0 Å². The Morgan fingerprint density at radius 1 is 1.50 bits per heavy atom. The minimum atomic E-state index is 0.296. The van der Waals surface area contributed by atoms with Crippen molar-refractivity contribution in [1.29, 1.82) is 0 Å². The monoisotopic (exact) mass is 252 g/mol. The van der Waals surface area contributed by atoms with Crippen molar-refractivity contribution in [3.8, 4) is 0 Å². The van der Waals surface area contributed by atoms with Gasteiger partial charge in [0.2, 0.25) is 0 Å². The van der Waals surface area contributed by atoms with E-state index in [-0.39, 0.29) is 0 Å². The Bertz CT molecular complexity index is 154. The summed E-state index contributed by atoms with van der Waals surface area (Å²) < 4.78 is 0.296. The normalized spacial score (nSPS) is 43.5. The van der Waals surface area contributed by atoms with Gasteiger partial charge in [0.05, 0.1) is 0 Å². The Kier molecular flexibility index (Phi) is 3.50. The van der Waals surface area contributed by atoms with Gasteiger partial charge in [-0.2, -0.15) is 0 Å². The number of rotatable bonds is 1. The molecule has 1 aliphatic carbocycles. The molecular formula is C10H18BrCl. The SMILES string of the molecule is CC(C)C1CCC(C)(Br)CC1Cl. The molecule has 0 aromatic heterocycles. The van der Waals surface area contributed by atoms with Crippen molar-refractivity contribution in [3.63, 3.8) is 0 Å². The summed E-state index contributed by atoms with van der Waals surface area (Å²) in [5.41, 5.74) is 0. The fourth-order valence-electron chi connectivity index (χ4n) is 2.06. The summed E-state index contributed by atoms with van der Waals surface area (Å²) in [4.78, 5) is 0. The van der Waals surface area contributed by atoms with Crippen molar-refractivity contribution in [1.82, 2.24) is 0 Å². The molecule has 1 saturated carbocycles. The standard InChI is InChI=1S/C10H18BrCl/c1-7(2)8-4-5-10(3,11)6-9(8)12/h7-9H,4-6H2,1-3H3. The quantitative estimate of drug-likeness (QED) is 0.614. The summed E-state index contributed by atoms with van der Waals surface area (Å²) in [6.07, 6.45) is 3.64. The molecule has 3 unspecified atom stereocenters. The minimum Gasteiger partial charge on any atom is -0.123 e. The van der Waals surface area contributed by atoms with Crippen LogP contribution in [0.3, 0.4) is 0 Å². The van der Waals surface area contributed by atoms with Crippen LogP contribution in [0.2, 0.25) is 0 Å². The number of halogens is 2. The Morgan fingerprint density at radius 3 is 2.50 bits per heavy atom. The second kappa shape index (κ2) is 3.88. The van der Waals surface area contributed by atoms with Gasteiger partial charge < -0.3 is 0 Å². The van der Waals surface area contributed by atoms with Crippen LogP contribution in [0.4, 0.5) is 0 Å². The molecule has 0 aromatic rings. The van der Waals surface area contributed by atoms with Gasteiger partial charge in [0.15, 0.2) is 0 Å². The van der Waals surface area contributed by atoms with Gasteiger partial charge in [0.1, 0.15) is 0 Å². The lowest BCUT2D eigenvalue weighted by Crippen LogP contribution is -2.35. The number of alkyl halides is 2. The highest BCUT2D eigenvalue weighted by atomic mass is 79.9. The third-order valence-corrected chi connectivity index (χ3v) is 4.14. The van der Waals surface area contributed by atoms with Gasteiger partial charge in [0.25, 0.3) is 0 Å². The Labute approximate surface area is 89.2 Å². The van der Waals surface area contributed by atoms with Crippen LogP contribution in [0.5, 0.6) is 0 Å². The lowest BCUT2D eigenvalue weighted by molar-refractivity contribution is 0.260. The van der Waals surface area contributed by atoms with Crippen LogP contribution < -0.4 is 0 Å². The highest BCUT2D eigenvalue weighted by Gasteiger charge is 2.36. The van der Waals surface area contributed by atoms with Crippen molar-refractivity contribution in [2.24, 2.45) is 11.8 Å². The molecule has 0 saturated heterocycles. The molecule has 0 nitrogen and oxygen atoms in total. The van der Waals surface area contributed by atoms with E-state index >= 15 is 0 Å². The predicted octanol–water partition coefficient (Wildman–Crippen LogP) is 4.20. The molecule has 0 aliphatic heterocycles. The molecule has 12 heavy (non-hydrogen) atoms. The van der Waals surface area contributed by atoms with E-state index < -0.39 is 0 Å². The average Bonchev–Trinajstić information content (AvgIpc) is 1.83. The molecule has 1 aliphatic rings. The molecule has 0 radical (unpaired) electrons. The molecule has 1 fully saturated rings. The van der Waals surface area contributed by atoms with Gasteiger partial charge >= 0.3 is 0 Å². The zero-order chi connectivity index (χ0) is 9.35. The van der Waals surface area contributed by atoms with Crippen LogP contribution in [0, 0.1) is 11.8 Å². The van der Waals surface area contributed by atoms with E-state index in [9.17, 15) is 0 Å². The van der Waals surface area contributed by atoms with Crippen LogP contribution in [0.15, 0.2) is 0 Å². The molecule has 0 N–H and O–H groups in total. The first kappa shape index (κ1) is 10.8. The fraction of sp³-hybridized carbons (Fsp3) is 1.00. The number of hydrogen-bond acceptors (Lipinski definition) is 0. The van der Waals surface area contributed by atoms with Crippen LogP contribution in [0.1, 0.15) is 40.0 Å². The van der Waals surface area contributed by atoms with Gasteiger partial charge in [0, 0.05) is 9.70 Å². The van der Waals surface area contributed by atoms with Crippen LogP contribution >= 0.6 is 27.5 Å². The maximum Gasteiger partial charge on any atom is 0.0379 e. The van der Waals surface area contributed by atoms with Gasteiger partial charge in [-0.15, -0.1) is 11.6 Å². The largest absolute Gasteiger partial charge is 0.123 e. The summed E-state index contributed by atoms with van der Waals surface area (Å²) in [6.45, 7) is 6.80. The van der Waals surface area contributed by atoms with Crippen molar-refractivity contribution in [2.45, 2.75) is 49.7 Å². The first-order valence-corrected chi connectivity index (χ1v) is 5.98. The summed E-state index contributed by atoms with van der Waals surface area (Å²) >= 11 is 10.1. The highest BCUT2D eigenvalue weighted by molar-refractivity contribution is 9.10. The summed E-state index contributed by atoms with van der Waals surface area (Å²) in [5.74, 6) is 1.45. The minimum absolute atomic E-state index is 0.296. The van der Waals surface area contributed by atoms with E-state index in [2.05, 4.69) is 36.7 Å². The van der Waals surface area contributed by atoms with E-state index in [4.69, 9.17) is 11.6 Å². The lowest BCUT2D eigenvalue weighted by Gasteiger charge is -2.38. The van der Waals surface area contributed by atoms with Crippen molar-refractivity contribution in [3.05, 3.63) is 0 Å². The molecule has 0 amide bonds. The predicted molar refractivity (Wildman–Crippen MR) is 59.2 cm³/mol. The molecule has 1 rings (SSSR count). The smallest absolute Gasteiger partial charge is 0.0379 e. The maximum absolute atomic E-state index is 6.33. The zero-order valence-corrected chi connectivity index (χ0v) is 10.5. The Hall–Kier alpha value is 0.770. The van der Waals surface area contributed by atoms with Gasteiger partial charge in [-0.05, 0) is 38.0 Å². The van der Waals surface area contributed by atoms with E-state index in [0.29, 0.717) is 9.70 Å². The van der Waals surface area contributed by atoms with Gasteiger partial charge in [-0.3, -0.25) is 0 Å². The highest BCUT2D eigenvalue weighted by Crippen LogP contribution is 2.42. The first-order valence-electron chi connectivity index (χ1n) is 4.75. The van der Waals surface area contributed by atoms with Crippen molar-refractivity contribution < 1.29 is 0 Å². The molecule has 0 heterocycles. The van der Waals surface area contributed by atoms with Crippen LogP contribution in [-0.2, 0) is 0 Å². The zero-order valence-electron chi connectivity index (χ0n) is 8.11. The van der Waals surface area contributed by atoms with E-state index in [1.807, 2.05) is 0 Å². The summed E-state index contributed by atoms with van der Waals surface area (Å²) in [7, 11) is 0. The fourth-order valence-corrected chi connectivity index (χ4v) is 3.58. The molecule has 72 valence electrons. The Morgan fingerprint density at radius 2 is 2.08 bits per heavy atom.